The van der Waals surface area contributed by atoms with Crippen LogP contribution in [0.1, 0.15) is 43.7 Å². The number of hydrogen-bond acceptors (Lipinski definition) is 9. The van der Waals surface area contributed by atoms with Crippen molar-refractivity contribution in [2.75, 3.05) is 7.11 Å². The third-order valence-corrected chi connectivity index (χ3v) is 6.60. The number of fused-ring (bicyclic) bond motifs is 1. The molecule has 9 heteroatoms. The van der Waals surface area contributed by atoms with Crippen molar-refractivity contribution in [1.29, 1.82) is 5.26 Å². The van der Waals surface area contributed by atoms with Crippen LogP contribution in [0, 0.1) is 11.3 Å². The summed E-state index contributed by atoms with van der Waals surface area (Å²) in [5, 5.41) is 28.8. The van der Waals surface area contributed by atoms with Crippen LogP contribution in [-0.4, -0.2) is 34.1 Å². The van der Waals surface area contributed by atoms with Crippen LogP contribution >= 0.6 is 11.3 Å². The second-order valence-corrected chi connectivity index (χ2v) is 9.02. The maximum Gasteiger partial charge on any atom is 0.337 e. The summed E-state index contributed by atoms with van der Waals surface area (Å²) in [6, 6.07) is 18.4. The molecule has 36 heavy (non-hydrogen) atoms. The van der Waals surface area contributed by atoms with Crippen molar-refractivity contribution < 1.29 is 29.3 Å². The first kappa shape index (κ1) is 25.0. The van der Waals surface area contributed by atoms with Gasteiger partial charge in [-0.2, -0.15) is 5.26 Å². The van der Waals surface area contributed by atoms with E-state index < -0.39 is 12.1 Å². The van der Waals surface area contributed by atoms with E-state index in [1.165, 1.54) is 18.4 Å². The Kier molecular flexibility index (Phi) is 7.71. The summed E-state index contributed by atoms with van der Waals surface area (Å²) in [5.41, 5.74) is 3.21. The van der Waals surface area contributed by atoms with Gasteiger partial charge >= 0.3 is 5.97 Å². The second kappa shape index (κ2) is 11.1. The maximum atomic E-state index is 13.4. The SMILES string of the molecule is COC(=O)c1ccc(OC(C(=O)Cc2nc3cc(CO)c(CO)cc3s2)c2ccc(C#N)cc2)cc1. The van der Waals surface area contributed by atoms with Gasteiger partial charge in [-0.15, -0.1) is 11.3 Å². The molecular weight excluding hydrogens is 480 g/mol. The van der Waals surface area contributed by atoms with Crippen molar-refractivity contribution in [3.63, 3.8) is 0 Å². The van der Waals surface area contributed by atoms with Gasteiger partial charge in [-0.3, -0.25) is 4.79 Å². The van der Waals surface area contributed by atoms with E-state index in [9.17, 15) is 19.8 Å². The zero-order valence-corrected chi connectivity index (χ0v) is 20.1. The number of ketones is 1. The van der Waals surface area contributed by atoms with E-state index >= 15 is 0 Å². The van der Waals surface area contributed by atoms with E-state index in [2.05, 4.69) is 11.1 Å². The van der Waals surface area contributed by atoms with Crippen LogP contribution in [0.5, 0.6) is 5.75 Å². The fourth-order valence-electron chi connectivity index (χ4n) is 3.69. The molecule has 1 unspecified atom stereocenters. The topological polar surface area (TPSA) is 130 Å². The Bertz CT molecular complexity index is 1400. The molecule has 0 amide bonds. The molecule has 3 aromatic carbocycles. The fraction of sp³-hybridized carbons (Fsp3) is 0.185. The molecule has 0 saturated carbocycles. The third-order valence-electron chi connectivity index (χ3n) is 5.58. The lowest BCUT2D eigenvalue weighted by Gasteiger charge is -2.18. The van der Waals surface area contributed by atoms with Gasteiger partial charge in [0, 0.05) is 0 Å². The number of aromatic nitrogens is 1. The Balaban J connectivity index is 1.62. The summed E-state index contributed by atoms with van der Waals surface area (Å²) in [4.78, 5) is 29.7. The predicted molar refractivity (Wildman–Crippen MR) is 132 cm³/mol. The molecule has 0 aliphatic heterocycles. The first-order chi connectivity index (χ1) is 17.4. The lowest BCUT2D eigenvalue weighted by atomic mass is 10.0. The Morgan fingerprint density at radius 2 is 1.69 bits per heavy atom. The highest BCUT2D eigenvalue weighted by Crippen LogP contribution is 2.29. The largest absolute Gasteiger partial charge is 0.478 e. The number of esters is 1. The maximum absolute atomic E-state index is 13.4. The zero-order chi connectivity index (χ0) is 25.7. The van der Waals surface area contributed by atoms with Crippen LogP contribution in [0.3, 0.4) is 0 Å². The van der Waals surface area contributed by atoms with E-state index in [0.717, 1.165) is 4.70 Å². The molecule has 1 heterocycles. The summed E-state index contributed by atoms with van der Waals surface area (Å²) in [6.45, 7) is -0.428. The minimum absolute atomic E-state index is 0.00677. The van der Waals surface area contributed by atoms with Gasteiger partial charge in [0.1, 0.15) is 10.8 Å². The first-order valence-electron chi connectivity index (χ1n) is 11.0. The first-order valence-corrected chi connectivity index (χ1v) is 11.8. The van der Waals surface area contributed by atoms with Crippen LogP contribution in [0.2, 0.25) is 0 Å². The molecule has 0 spiro atoms. The van der Waals surface area contributed by atoms with Crippen LogP contribution in [0.15, 0.2) is 60.7 Å². The smallest absolute Gasteiger partial charge is 0.337 e. The number of aliphatic hydroxyl groups is 2. The zero-order valence-electron chi connectivity index (χ0n) is 19.3. The second-order valence-electron chi connectivity index (χ2n) is 7.90. The normalized spacial score (nSPS) is 11.6. The van der Waals surface area contributed by atoms with Gasteiger partial charge in [0.15, 0.2) is 11.9 Å². The number of methoxy groups -OCH3 is 1. The lowest BCUT2D eigenvalue weighted by Crippen LogP contribution is -2.21. The van der Waals surface area contributed by atoms with Gasteiger partial charge in [0.05, 0.1) is 54.2 Å². The van der Waals surface area contributed by atoms with Gasteiger partial charge in [-0.25, -0.2) is 9.78 Å². The Labute approximate surface area is 211 Å². The van der Waals surface area contributed by atoms with Crippen LogP contribution in [0.25, 0.3) is 10.2 Å². The van der Waals surface area contributed by atoms with E-state index in [4.69, 9.17) is 14.7 Å². The van der Waals surface area contributed by atoms with Crippen LogP contribution < -0.4 is 4.74 Å². The molecule has 0 bridgehead atoms. The van der Waals surface area contributed by atoms with Crippen molar-refractivity contribution in [2.24, 2.45) is 0 Å². The van der Waals surface area contributed by atoms with E-state index in [1.54, 1.807) is 60.7 Å². The van der Waals surface area contributed by atoms with Gasteiger partial charge in [-0.1, -0.05) is 12.1 Å². The molecule has 0 fully saturated rings. The molecule has 0 saturated heterocycles. The fourth-order valence-corrected chi connectivity index (χ4v) is 4.72. The highest BCUT2D eigenvalue weighted by Gasteiger charge is 2.25. The monoisotopic (exact) mass is 502 g/mol. The molecule has 0 aliphatic carbocycles. The van der Waals surface area contributed by atoms with E-state index in [-0.39, 0.29) is 25.4 Å². The number of hydrogen-bond donors (Lipinski definition) is 2. The summed E-state index contributed by atoms with van der Waals surface area (Å²) in [7, 11) is 1.30. The molecule has 0 radical (unpaired) electrons. The lowest BCUT2D eigenvalue weighted by molar-refractivity contribution is -0.125. The summed E-state index contributed by atoms with van der Waals surface area (Å²) in [5.74, 6) is -0.346. The van der Waals surface area contributed by atoms with Gasteiger partial charge in [0.25, 0.3) is 0 Å². The van der Waals surface area contributed by atoms with E-state index in [0.29, 0.717) is 44.1 Å². The third kappa shape index (κ3) is 5.42. The number of ether oxygens (including phenoxy) is 2. The number of aliphatic hydroxyl groups excluding tert-OH is 2. The molecule has 8 nitrogen and oxygen atoms in total. The molecule has 4 rings (SSSR count). The van der Waals surface area contributed by atoms with Crippen molar-refractivity contribution in [1.82, 2.24) is 4.98 Å². The predicted octanol–water partition coefficient (Wildman–Crippen LogP) is 3.87. The molecular formula is C27H22N2O6S. The summed E-state index contributed by atoms with van der Waals surface area (Å²) < 4.78 is 11.6. The minimum Gasteiger partial charge on any atom is -0.478 e. The molecule has 4 aromatic rings. The van der Waals surface area contributed by atoms with Gasteiger partial charge in [0.2, 0.25) is 0 Å². The Morgan fingerprint density at radius 3 is 2.31 bits per heavy atom. The standard InChI is InChI=1S/C27H22N2O6S/c1-34-27(33)18-6-8-21(9-7-18)35-26(17-4-2-16(13-28)3-5-17)23(32)12-25-29-22-10-19(14-30)20(15-31)11-24(22)36-25/h2-11,26,30-31H,12,14-15H2,1H3. The van der Waals surface area contributed by atoms with Crippen molar-refractivity contribution in [3.8, 4) is 11.8 Å². The molecule has 2 N–H and O–H groups in total. The summed E-state index contributed by atoms with van der Waals surface area (Å²) in [6.07, 6.45) is -0.984. The molecule has 0 aliphatic rings. The number of nitrogens with zero attached hydrogens (tertiary/aromatic N) is 2. The van der Waals surface area contributed by atoms with Gasteiger partial charge in [-0.05, 0) is 65.2 Å². The highest BCUT2D eigenvalue weighted by atomic mass is 32.1. The average molecular weight is 503 g/mol. The highest BCUT2D eigenvalue weighted by molar-refractivity contribution is 7.18. The molecule has 1 atom stereocenters. The van der Waals surface area contributed by atoms with E-state index in [1.807, 2.05) is 0 Å². The van der Waals surface area contributed by atoms with Crippen LogP contribution in [0.4, 0.5) is 0 Å². The number of thiazole rings is 1. The van der Waals surface area contributed by atoms with Crippen LogP contribution in [-0.2, 0) is 29.2 Å². The number of carbonyl (C=O) groups excluding carboxylic acids is 2. The number of benzene rings is 3. The Hall–Kier alpha value is -4.10. The quantitative estimate of drug-likeness (QED) is 0.330. The summed E-state index contributed by atoms with van der Waals surface area (Å²) >= 11 is 1.33. The average Bonchev–Trinajstić information content (AvgIpc) is 3.31. The number of nitriles is 1. The van der Waals surface area contributed by atoms with Crippen molar-refractivity contribution >= 4 is 33.3 Å². The van der Waals surface area contributed by atoms with Gasteiger partial charge < -0.3 is 19.7 Å². The van der Waals surface area contributed by atoms with Crippen molar-refractivity contribution in [2.45, 2.75) is 25.7 Å². The molecule has 1 aromatic heterocycles. The Morgan fingerprint density at radius 1 is 1.03 bits per heavy atom. The number of Topliss-reactive ketones (excluding diaryl/α,β-unsaturated/α-hetero) is 1. The number of rotatable bonds is 9. The number of carbonyl (C=O) groups is 2. The molecule has 182 valence electrons. The minimum atomic E-state index is -0.977. The van der Waals surface area contributed by atoms with Crippen molar-refractivity contribution in [3.05, 3.63) is 93.5 Å².